The number of benzene rings is 16. The van der Waals surface area contributed by atoms with Crippen molar-refractivity contribution in [2.45, 2.75) is 258 Å². The highest BCUT2D eigenvalue weighted by Gasteiger charge is 2.56. The first-order valence-electron chi connectivity index (χ1n) is 52.5. The fraction of sp³-hybridized carbons (Fsp3) is 0.294. The molecule has 1 spiro atoms. The van der Waals surface area contributed by atoms with Gasteiger partial charge < -0.3 is 18.6 Å². The highest BCUT2D eigenvalue weighted by Crippen LogP contribution is 2.70. The van der Waals surface area contributed by atoms with E-state index in [2.05, 4.69) is 450 Å². The Hall–Kier alpha value is -13.3. The lowest BCUT2D eigenvalue weighted by molar-refractivity contribution is 0.398. The van der Waals surface area contributed by atoms with Gasteiger partial charge in [-0.05, 0) is 293 Å². The Bertz CT molecular complexity index is 7830. The summed E-state index contributed by atoms with van der Waals surface area (Å²) >= 11 is 0. The molecule has 16 aromatic carbocycles. The van der Waals surface area contributed by atoms with Crippen LogP contribution in [0.5, 0.6) is 0 Å². The molecule has 140 heavy (non-hydrogen) atoms. The van der Waals surface area contributed by atoms with Gasteiger partial charge in [-0.2, -0.15) is 0 Å². The number of nitrogens with zero attached hydrogens (tertiary/aromatic N) is 2. The molecule has 2 aromatic heterocycles. The van der Waals surface area contributed by atoms with Crippen LogP contribution in [-0.4, -0.2) is 0 Å². The molecule has 0 bridgehead atoms. The fourth-order valence-electron chi connectivity index (χ4n) is 25.7. The van der Waals surface area contributed by atoms with E-state index < -0.39 is 5.41 Å². The largest absolute Gasteiger partial charge is 0.455 e. The van der Waals surface area contributed by atoms with Crippen molar-refractivity contribution in [1.29, 1.82) is 0 Å². The Morgan fingerprint density at radius 1 is 0.243 bits per heavy atom. The zero-order valence-corrected chi connectivity index (χ0v) is 85.6. The van der Waals surface area contributed by atoms with Gasteiger partial charge in [0.1, 0.15) is 16.7 Å². The lowest BCUT2D eigenvalue weighted by atomic mass is 9.70. The van der Waals surface area contributed by atoms with Crippen LogP contribution in [0.3, 0.4) is 0 Å². The molecule has 0 N–H and O–H groups in total. The van der Waals surface area contributed by atoms with Gasteiger partial charge in [-0.25, -0.2) is 0 Å². The fourth-order valence-corrected chi connectivity index (χ4v) is 25.7. The molecule has 0 saturated heterocycles. The predicted molar refractivity (Wildman–Crippen MR) is 595 cm³/mol. The van der Waals surface area contributed by atoms with E-state index in [0.29, 0.717) is 0 Å². The van der Waals surface area contributed by atoms with Crippen LogP contribution >= 0.6 is 0 Å². The Labute approximate surface area is 831 Å². The number of anilines is 6. The molecule has 0 radical (unpaired) electrons. The van der Waals surface area contributed by atoms with Crippen LogP contribution in [-0.2, 0) is 43.3 Å². The van der Waals surface area contributed by atoms with Crippen LogP contribution in [0.1, 0.15) is 292 Å². The Balaban J connectivity index is 0.673. The SMILES string of the molecule is CCCCCCCCC1(CCCCCCCC)c2ccccc2-c2ccc(-c3ccc4c(c3)C(C)(C)c3cc(-c5ccc6c(c5)C(C)(C)c5cc(-c7cccc8c7-c7ccccc7C87c8cc(N(c9ccc(C(C)(C)C)cc9)c9ccc(C(C)(C)C)cc9)c9c(oc%10ccccc%109)c8-c8c7cc(N(c7ccc(C(C)(C)C)cc7)c7ccc(C(C)(C)C)cc7)c7oc9ccccc9c87)ccc5-6)ccc3-4)cc21. The Kier molecular flexibility index (Phi) is 21.8. The average Bonchev–Trinajstić information content (AvgIpc) is 1.48. The van der Waals surface area contributed by atoms with Crippen molar-refractivity contribution in [1.82, 2.24) is 0 Å². The maximum absolute atomic E-state index is 7.90. The lowest BCUT2D eigenvalue weighted by Gasteiger charge is -2.34. The van der Waals surface area contributed by atoms with Crippen LogP contribution < -0.4 is 9.80 Å². The summed E-state index contributed by atoms with van der Waals surface area (Å²) in [7, 11) is 0. The van der Waals surface area contributed by atoms with E-state index in [1.807, 2.05) is 0 Å². The van der Waals surface area contributed by atoms with Crippen LogP contribution in [0.15, 0.2) is 324 Å². The van der Waals surface area contributed by atoms with Gasteiger partial charge in [0, 0.05) is 66.3 Å². The second-order valence-electron chi connectivity index (χ2n) is 46.8. The number of hydrogen-bond donors (Lipinski definition) is 0. The van der Waals surface area contributed by atoms with Gasteiger partial charge in [-0.3, -0.25) is 0 Å². The van der Waals surface area contributed by atoms with E-state index in [0.717, 1.165) is 94.7 Å². The maximum atomic E-state index is 7.90. The van der Waals surface area contributed by atoms with Gasteiger partial charge in [0.2, 0.25) is 0 Å². The number of unbranched alkanes of at least 4 members (excludes halogenated alkanes) is 10. The first-order valence-corrected chi connectivity index (χ1v) is 52.5. The summed E-state index contributed by atoms with van der Waals surface area (Å²) in [5, 5.41) is 4.20. The molecule has 23 rings (SSSR count). The second kappa shape index (κ2) is 33.7. The molecular weight excluding hydrogens is 1690 g/mol. The molecule has 1 atom stereocenters. The highest BCUT2D eigenvalue weighted by atomic mass is 16.3. The van der Waals surface area contributed by atoms with Gasteiger partial charge in [0.15, 0.2) is 5.58 Å². The standard InChI is InChI=1S/C136H134N2O2/c1-19-21-23-25-27-37-76-135(77-38-28-26-24-22-20-2)108-45-33-29-40-99(108)104-74-53-88(81-115(104)135)87-52-73-101-100-71-50-85(78-111(100)133(15,16)112(101)80-87)86-51-72-102-103-75-54-89(82-114(103)134(17,18)113(102)79-86)98-44-39-47-110-122(98)105-41-30-34-46-109(105)136(110)116-84-119(138(96-67-59-92(60-68-96)131(9,10)11)97-69-61-93(62-70-97)132(12,13)14)127-124(107-43-32-36-49-121(107)139-127)125(116)126-117(136)83-118(123-106-42-31-35-48-120(106)140-128(123)126)137(94-63-55-90(56-64-94)129(3,4)5)95-65-57-91(58-66-95)130(6,7)8/h29-36,39-75,78-84H,19-28,37-38,76-77H2,1-18H3. The average molecular weight is 1830 g/mol. The van der Waals surface area contributed by atoms with E-state index in [4.69, 9.17) is 8.83 Å². The minimum atomic E-state index is -0.989. The van der Waals surface area contributed by atoms with Gasteiger partial charge in [-0.15, -0.1) is 0 Å². The van der Waals surface area contributed by atoms with Gasteiger partial charge >= 0.3 is 0 Å². The topological polar surface area (TPSA) is 32.8 Å². The minimum absolute atomic E-state index is 0.0224. The monoisotopic (exact) mass is 1830 g/mol. The molecule has 2 heterocycles. The number of hydrogen-bond acceptors (Lipinski definition) is 4. The van der Waals surface area contributed by atoms with Gasteiger partial charge in [0.05, 0.1) is 22.2 Å². The second-order valence-corrected chi connectivity index (χ2v) is 46.8. The van der Waals surface area contributed by atoms with E-state index in [1.54, 1.807) is 11.1 Å². The molecule has 0 amide bonds. The first-order chi connectivity index (χ1) is 67.4. The van der Waals surface area contributed by atoms with Crippen molar-refractivity contribution in [2.24, 2.45) is 0 Å². The molecule has 4 heteroatoms. The van der Waals surface area contributed by atoms with E-state index in [-0.39, 0.29) is 37.9 Å². The van der Waals surface area contributed by atoms with Crippen molar-refractivity contribution in [2.75, 3.05) is 9.80 Å². The maximum Gasteiger partial charge on any atom is 0.160 e. The van der Waals surface area contributed by atoms with Crippen LogP contribution in [0, 0.1) is 0 Å². The van der Waals surface area contributed by atoms with E-state index in [1.165, 1.54) is 229 Å². The Morgan fingerprint density at radius 3 is 1.04 bits per heavy atom. The normalized spacial score (nSPS) is 15.4. The molecular formula is C136H134N2O2. The zero-order valence-electron chi connectivity index (χ0n) is 85.6. The summed E-state index contributed by atoms with van der Waals surface area (Å²) in [4.78, 5) is 5.02. The third-order valence-corrected chi connectivity index (χ3v) is 33.3. The van der Waals surface area contributed by atoms with Gasteiger partial charge in [-0.1, -0.05) is 414 Å². The van der Waals surface area contributed by atoms with Crippen molar-refractivity contribution in [3.63, 3.8) is 0 Å². The number of para-hydroxylation sites is 2. The molecule has 5 aliphatic rings. The lowest BCUT2D eigenvalue weighted by Crippen LogP contribution is -2.27. The third-order valence-electron chi connectivity index (χ3n) is 33.3. The zero-order chi connectivity index (χ0) is 96.6. The van der Waals surface area contributed by atoms with Crippen molar-refractivity contribution >= 4 is 78.0 Å². The molecule has 700 valence electrons. The quantitative estimate of drug-likeness (QED) is 0.0598. The summed E-state index contributed by atoms with van der Waals surface area (Å²) in [6.07, 6.45) is 18.2. The van der Waals surface area contributed by atoms with Crippen LogP contribution in [0.25, 0.3) is 133 Å². The summed E-state index contributed by atoms with van der Waals surface area (Å²) in [5.74, 6) is 0. The third kappa shape index (κ3) is 14.4. The molecule has 18 aromatic rings. The van der Waals surface area contributed by atoms with Crippen molar-refractivity contribution in [3.8, 4) is 89.0 Å². The minimum Gasteiger partial charge on any atom is -0.455 e. The predicted octanol–water partition coefficient (Wildman–Crippen LogP) is 39.3. The molecule has 0 aliphatic heterocycles. The van der Waals surface area contributed by atoms with Crippen molar-refractivity contribution < 1.29 is 8.83 Å². The van der Waals surface area contributed by atoms with Crippen molar-refractivity contribution in [3.05, 3.63) is 393 Å². The number of furan rings is 2. The molecule has 0 saturated carbocycles. The highest BCUT2D eigenvalue weighted by molar-refractivity contribution is 6.27. The van der Waals surface area contributed by atoms with E-state index >= 15 is 0 Å². The van der Waals surface area contributed by atoms with Gasteiger partial charge in [0.25, 0.3) is 0 Å². The summed E-state index contributed by atoms with van der Waals surface area (Å²) < 4.78 is 15.6. The summed E-state index contributed by atoms with van der Waals surface area (Å²) in [6.45, 7) is 42.3. The first kappa shape index (κ1) is 90.6. The van der Waals surface area contributed by atoms with Crippen LogP contribution in [0.4, 0.5) is 34.1 Å². The van der Waals surface area contributed by atoms with Crippen LogP contribution in [0.2, 0.25) is 0 Å². The smallest absolute Gasteiger partial charge is 0.160 e. The molecule has 0 fully saturated rings. The Morgan fingerprint density at radius 2 is 0.579 bits per heavy atom. The summed E-state index contributed by atoms with van der Waals surface area (Å²) in [5.41, 5.74) is 46.5. The summed E-state index contributed by atoms with van der Waals surface area (Å²) in [6, 6.07) is 124. The molecule has 5 aliphatic carbocycles. The molecule has 4 nitrogen and oxygen atoms in total. The number of fused-ring (bicyclic) bond motifs is 27. The van der Waals surface area contributed by atoms with E-state index in [9.17, 15) is 0 Å². The molecule has 1 unspecified atom stereocenters. The number of rotatable bonds is 23.